The molecular weight excluding hydrogens is 435 g/mol. The molecule has 0 radical (unpaired) electrons. The zero-order chi connectivity index (χ0) is 22.7. The summed E-state index contributed by atoms with van der Waals surface area (Å²) in [5, 5.41) is 0. The Bertz CT molecular complexity index is 958. The average molecular weight is 464 g/mol. The molecule has 0 spiro atoms. The van der Waals surface area contributed by atoms with Crippen molar-refractivity contribution in [3.8, 4) is 0 Å². The minimum absolute atomic E-state index is 0.130. The van der Waals surface area contributed by atoms with E-state index in [1.54, 1.807) is 6.07 Å². The fourth-order valence-electron chi connectivity index (χ4n) is 4.54. The first-order valence-electron chi connectivity index (χ1n) is 11.1. The summed E-state index contributed by atoms with van der Waals surface area (Å²) in [6, 6.07) is 11.9. The fourth-order valence-corrected chi connectivity index (χ4v) is 5.61. The number of amides is 1. The van der Waals surface area contributed by atoms with Gasteiger partial charge in [-0.1, -0.05) is 23.9 Å². The Hall–Kier alpha value is -2.19. The molecule has 1 amide bonds. The number of halogens is 3. The van der Waals surface area contributed by atoms with Gasteiger partial charge >= 0.3 is 6.18 Å². The lowest BCUT2D eigenvalue weighted by Crippen LogP contribution is -2.39. The van der Waals surface area contributed by atoms with Crippen LogP contribution in [0.25, 0.3) is 0 Å². The van der Waals surface area contributed by atoms with Crippen LogP contribution in [0.15, 0.2) is 52.3 Å². The predicted molar refractivity (Wildman–Crippen MR) is 121 cm³/mol. The number of benzene rings is 2. The van der Waals surface area contributed by atoms with Crippen molar-refractivity contribution in [2.45, 2.75) is 48.1 Å². The van der Waals surface area contributed by atoms with Crippen molar-refractivity contribution in [3.63, 3.8) is 0 Å². The highest BCUT2D eigenvalue weighted by molar-refractivity contribution is 7.99. The van der Waals surface area contributed by atoms with Crippen molar-refractivity contribution >= 4 is 29.0 Å². The zero-order valence-corrected chi connectivity index (χ0v) is 18.7. The Morgan fingerprint density at radius 2 is 1.78 bits per heavy atom. The molecule has 2 aliphatic rings. The van der Waals surface area contributed by atoms with Crippen molar-refractivity contribution in [1.29, 1.82) is 0 Å². The first-order chi connectivity index (χ1) is 15.4. The Labute approximate surface area is 190 Å². The van der Waals surface area contributed by atoms with Gasteiger partial charge in [-0.25, -0.2) is 0 Å². The molecule has 0 unspecified atom stereocenters. The lowest BCUT2D eigenvalue weighted by atomic mass is 9.92. The van der Waals surface area contributed by atoms with E-state index in [0.717, 1.165) is 60.3 Å². The molecule has 2 N–H and O–H groups in total. The molecule has 4 nitrogen and oxygen atoms in total. The first kappa shape index (κ1) is 23.0. The molecule has 8 heteroatoms. The second-order valence-corrected chi connectivity index (χ2v) is 9.49. The van der Waals surface area contributed by atoms with Crippen LogP contribution in [0.1, 0.15) is 37.7 Å². The molecule has 0 aliphatic carbocycles. The standard InChI is InChI=1S/C24H28F3N3OS/c25-24(26,27)18-7-8-22-20(16-18)30(19-5-1-2-6-21(19)32-22)13-3-4-17-10-14-29(15-11-17)23(31)9-12-28/h1-2,5-8,16-17H,3-4,9-15,28H2. The van der Waals surface area contributed by atoms with E-state index in [1.807, 2.05) is 34.1 Å². The van der Waals surface area contributed by atoms with Gasteiger partial charge in [0, 0.05) is 42.4 Å². The maximum atomic E-state index is 13.4. The second-order valence-electron chi connectivity index (χ2n) is 8.41. The minimum Gasteiger partial charge on any atom is -0.343 e. The zero-order valence-electron chi connectivity index (χ0n) is 17.9. The van der Waals surface area contributed by atoms with Crippen molar-refractivity contribution in [2.24, 2.45) is 11.7 Å². The maximum absolute atomic E-state index is 13.4. The van der Waals surface area contributed by atoms with Crippen LogP contribution < -0.4 is 10.6 Å². The molecule has 2 aliphatic heterocycles. The SMILES string of the molecule is NCCC(=O)N1CCC(CCCN2c3ccccc3Sc3ccc(C(F)(F)F)cc32)CC1. The summed E-state index contributed by atoms with van der Waals surface area (Å²) in [4.78, 5) is 17.9. The molecule has 2 aromatic carbocycles. The lowest BCUT2D eigenvalue weighted by Gasteiger charge is -2.35. The van der Waals surface area contributed by atoms with E-state index in [4.69, 9.17) is 5.73 Å². The number of carbonyl (C=O) groups is 1. The second kappa shape index (κ2) is 9.75. The molecule has 1 saturated heterocycles. The number of fused-ring (bicyclic) bond motifs is 2. The van der Waals surface area contributed by atoms with Crippen LogP contribution in [0.2, 0.25) is 0 Å². The lowest BCUT2D eigenvalue weighted by molar-refractivity contribution is -0.137. The minimum atomic E-state index is -4.36. The van der Waals surface area contributed by atoms with E-state index in [1.165, 1.54) is 17.8 Å². The summed E-state index contributed by atoms with van der Waals surface area (Å²) in [6.45, 7) is 2.58. The summed E-state index contributed by atoms with van der Waals surface area (Å²) in [7, 11) is 0. The van der Waals surface area contributed by atoms with Gasteiger partial charge in [0.25, 0.3) is 0 Å². The number of hydrogen-bond donors (Lipinski definition) is 1. The Kier molecular flexibility index (Phi) is 7.00. The topological polar surface area (TPSA) is 49.6 Å². The van der Waals surface area contributed by atoms with Gasteiger partial charge in [-0.15, -0.1) is 0 Å². The summed E-state index contributed by atoms with van der Waals surface area (Å²) in [5.74, 6) is 0.665. The van der Waals surface area contributed by atoms with Gasteiger partial charge in [-0.05, 0) is 61.9 Å². The van der Waals surface area contributed by atoms with Crippen LogP contribution >= 0.6 is 11.8 Å². The quantitative estimate of drug-likeness (QED) is 0.599. The fraction of sp³-hybridized carbons (Fsp3) is 0.458. The molecule has 2 aromatic rings. The van der Waals surface area contributed by atoms with E-state index in [0.29, 0.717) is 31.1 Å². The van der Waals surface area contributed by atoms with Crippen LogP contribution in [-0.2, 0) is 11.0 Å². The van der Waals surface area contributed by atoms with Crippen LogP contribution in [0.5, 0.6) is 0 Å². The van der Waals surface area contributed by atoms with E-state index < -0.39 is 11.7 Å². The number of rotatable bonds is 6. The number of alkyl halides is 3. The molecule has 0 atom stereocenters. The van der Waals surface area contributed by atoms with Gasteiger partial charge in [0.2, 0.25) is 5.91 Å². The number of nitrogens with zero attached hydrogens (tertiary/aromatic N) is 2. The number of hydrogen-bond acceptors (Lipinski definition) is 4. The Morgan fingerprint density at radius 1 is 1.06 bits per heavy atom. The smallest absolute Gasteiger partial charge is 0.343 e. The third kappa shape index (κ3) is 5.07. The van der Waals surface area contributed by atoms with Gasteiger partial charge in [0.15, 0.2) is 0 Å². The van der Waals surface area contributed by atoms with Crippen LogP contribution in [0.3, 0.4) is 0 Å². The van der Waals surface area contributed by atoms with E-state index >= 15 is 0 Å². The molecule has 0 aromatic heterocycles. The molecule has 2 heterocycles. The van der Waals surface area contributed by atoms with Gasteiger partial charge in [-0.2, -0.15) is 13.2 Å². The number of para-hydroxylation sites is 1. The third-order valence-corrected chi connectivity index (χ3v) is 7.40. The van der Waals surface area contributed by atoms with Crippen molar-refractivity contribution in [2.75, 3.05) is 31.1 Å². The number of likely N-dealkylation sites (tertiary alicyclic amines) is 1. The summed E-state index contributed by atoms with van der Waals surface area (Å²) in [5.41, 5.74) is 6.46. The molecule has 4 rings (SSSR count). The summed E-state index contributed by atoms with van der Waals surface area (Å²) >= 11 is 1.52. The van der Waals surface area contributed by atoms with E-state index in [9.17, 15) is 18.0 Å². The van der Waals surface area contributed by atoms with Crippen LogP contribution in [-0.4, -0.2) is 37.0 Å². The first-order valence-corrected chi connectivity index (χ1v) is 11.9. The highest BCUT2D eigenvalue weighted by Crippen LogP contribution is 2.49. The van der Waals surface area contributed by atoms with Gasteiger partial charge in [0.1, 0.15) is 0 Å². The van der Waals surface area contributed by atoms with Crippen molar-refractivity contribution in [1.82, 2.24) is 4.90 Å². The average Bonchev–Trinajstić information content (AvgIpc) is 2.78. The molecule has 0 bridgehead atoms. The molecule has 1 fully saturated rings. The molecule has 32 heavy (non-hydrogen) atoms. The molecule has 172 valence electrons. The monoisotopic (exact) mass is 463 g/mol. The van der Waals surface area contributed by atoms with E-state index in [2.05, 4.69) is 0 Å². The molecule has 0 saturated carbocycles. The largest absolute Gasteiger partial charge is 0.416 e. The van der Waals surface area contributed by atoms with Crippen molar-refractivity contribution < 1.29 is 18.0 Å². The van der Waals surface area contributed by atoms with E-state index in [-0.39, 0.29) is 5.91 Å². The van der Waals surface area contributed by atoms with Gasteiger partial charge < -0.3 is 15.5 Å². The van der Waals surface area contributed by atoms with Crippen molar-refractivity contribution in [3.05, 3.63) is 48.0 Å². The number of nitrogens with two attached hydrogens (primary N) is 1. The highest BCUT2D eigenvalue weighted by atomic mass is 32.2. The van der Waals surface area contributed by atoms with Gasteiger partial charge in [0.05, 0.1) is 16.9 Å². The Morgan fingerprint density at radius 3 is 2.50 bits per heavy atom. The summed E-state index contributed by atoms with van der Waals surface area (Å²) in [6.07, 6.45) is -0.141. The Balaban J connectivity index is 1.43. The third-order valence-electron chi connectivity index (χ3n) is 6.27. The number of anilines is 2. The van der Waals surface area contributed by atoms with Crippen LogP contribution in [0.4, 0.5) is 24.5 Å². The van der Waals surface area contributed by atoms with Crippen LogP contribution in [0, 0.1) is 5.92 Å². The number of piperidine rings is 1. The van der Waals surface area contributed by atoms with Gasteiger partial charge in [-0.3, -0.25) is 4.79 Å². The molecular formula is C24H28F3N3OS. The normalized spacial score (nSPS) is 16.6. The highest BCUT2D eigenvalue weighted by Gasteiger charge is 2.33. The summed E-state index contributed by atoms with van der Waals surface area (Å²) < 4.78 is 40.1. The maximum Gasteiger partial charge on any atom is 0.416 e. The predicted octanol–water partition coefficient (Wildman–Crippen LogP) is 5.68. The number of carbonyl (C=O) groups excluding carboxylic acids is 1.